The van der Waals surface area contributed by atoms with Gasteiger partial charge in [-0.15, -0.1) is 0 Å². The van der Waals surface area contributed by atoms with Gasteiger partial charge in [0.25, 0.3) is 5.90 Å². The molecule has 0 bridgehead atoms. The van der Waals surface area contributed by atoms with Crippen LogP contribution in [0.5, 0.6) is 0 Å². The highest BCUT2D eigenvalue weighted by Crippen LogP contribution is 2.24. The van der Waals surface area contributed by atoms with Gasteiger partial charge in [-0.3, -0.25) is 4.79 Å². The molecule has 0 aliphatic heterocycles. The molecule has 0 N–H and O–H groups in total. The van der Waals surface area contributed by atoms with Crippen molar-refractivity contribution in [2.45, 2.75) is 27.2 Å². The Kier molecular flexibility index (Phi) is 4.23. The van der Waals surface area contributed by atoms with Gasteiger partial charge in [0.2, 0.25) is 5.78 Å². The van der Waals surface area contributed by atoms with Gasteiger partial charge >= 0.3 is 0 Å². The lowest BCUT2D eigenvalue weighted by Gasteiger charge is -2.08. The zero-order chi connectivity index (χ0) is 12.1. The summed E-state index contributed by atoms with van der Waals surface area (Å²) in [5.41, 5.74) is 3.02. The molecule has 1 aromatic rings. The van der Waals surface area contributed by atoms with Crippen molar-refractivity contribution in [3.05, 3.63) is 29.3 Å². The molecule has 0 atom stereocenters. The number of methoxy groups -OCH3 is 1. The van der Waals surface area contributed by atoms with Crippen LogP contribution in [0, 0.1) is 6.92 Å². The van der Waals surface area contributed by atoms with E-state index in [1.54, 1.807) is 0 Å². The van der Waals surface area contributed by atoms with E-state index in [0.717, 1.165) is 23.2 Å². The predicted octanol–water partition coefficient (Wildman–Crippen LogP) is 2.82. The van der Waals surface area contributed by atoms with Crippen LogP contribution in [0.15, 0.2) is 23.2 Å². The number of aryl methyl sites for hydroxylation is 2. The lowest BCUT2D eigenvalue weighted by Crippen LogP contribution is -2.11. The first-order valence-electron chi connectivity index (χ1n) is 5.32. The Bertz CT molecular complexity index is 422. The number of Topliss-reactive ketones (excluding diaryl/α,β-unsaturated/α-hetero) is 1. The molecule has 0 radical (unpaired) electrons. The number of benzene rings is 1. The van der Waals surface area contributed by atoms with E-state index in [1.165, 1.54) is 14.0 Å². The van der Waals surface area contributed by atoms with Crippen LogP contribution in [-0.2, 0) is 16.0 Å². The van der Waals surface area contributed by atoms with Crippen molar-refractivity contribution in [3.63, 3.8) is 0 Å². The fourth-order valence-electron chi connectivity index (χ4n) is 1.53. The number of para-hydroxylation sites is 1. The van der Waals surface area contributed by atoms with E-state index in [0.29, 0.717) is 0 Å². The Labute approximate surface area is 96.2 Å². The van der Waals surface area contributed by atoms with Crippen molar-refractivity contribution < 1.29 is 9.53 Å². The van der Waals surface area contributed by atoms with Crippen LogP contribution in [-0.4, -0.2) is 18.8 Å². The summed E-state index contributed by atoms with van der Waals surface area (Å²) in [4.78, 5) is 15.5. The predicted molar refractivity (Wildman–Crippen MR) is 65.3 cm³/mol. The molecular formula is C13H17NO2. The Hall–Kier alpha value is -1.64. The van der Waals surface area contributed by atoms with Crippen molar-refractivity contribution in [2.24, 2.45) is 4.99 Å². The van der Waals surface area contributed by atoms with E-state index in [1.807, 2.05) is 25.1 Å². The van der Waals surface area contributed by atoms with Crippen LogP contribution >= 0.6 is 0 Å². The number of nitrogens with zero attached hydrogens (tertiary/aromatic N) is 1. The fraction of sp³-hybridized carbons (Fsp3) is 0.385. The van der Waals surface area contributed by atoms with E-state index < -0.39 is 0 Å². The molecule has 1 rings (SSSR count). The maximum absolute atomic E-state index is 11.2. The standard InChI is InChI=1S/C13H17NO2/c1-5-11-8-6-7-9(2)12(11)14-13(16-4)10(3)15/h6-8H,5H2,1-4H3/b14-13-. The summed E-state index contributed by atoms with van der Waals surface area (Å²) >= 11 is 0. The first kappa shape index (κ1) is 12.4. The van der Waals surface area contributed by atoms with Gasteiger partial charge in [0.05, 0.1) is 12.8 Å². The van der Waals surface area contributed by atoms with Crippen LogP contribution in [0.3, 0.4) is 0 Å². The summed E-state index contributed by atoms with van der Waals surface area (Å²) in [6.07, 6.45) is 0.884. The third-order valence-corrected chi connectivity index (χ3v) is 2.41. The Morgan fingerprint density at radius 3 is 2.62 bits per heavy atom. The first-order chi connectivity index (χ1) is 7.60. The van der Waals surface area contributed by atoms with Crippen LogP contribution < -0.4 is 0 Å². The van der Waals surface area contributed by atoms with Crippen LogP contribution in [0.25, 0.3) is 0 Å². The molecule has 1 aromatic carbocycles. The van der Waals surface area contributed by atoms with Crippen molar-refractivity contribution in [1.29, 1.82) is 0 Å². The number of rotatable bonds is 3. The largest absolute Gasteiger partial charge is 0.478 e. The summed E-state index contributed by atoms with van der Waals surface area (Å²) in [6.45, 7) is 5.49. The van der Waals surface area contributed by atoms with Crippen molar-refractivity contribution in [1.82, 2.24) is 0 Å². The summed E-state index contributed by atoms with van der Waals surface area (Å²) < 4.78 is 4.97. The Morgan fingerprint density at radius 1 is 1.44 bits per heavy atom. The van der Waals surface area contributed by atoms with Crippen molar-refractivity contribution in [2.75, 3.05) is 7.11 Å². The molecule has 0 saturated heterocycles. The second-order valence-electron chi connectivity index (χ2n) is 3.61. The van der Waals surface area contributed by atoms with Gasteiger partial charge in [0.1, 0.15) is 0 Å². The van der Waals surface area contributed by atoms with Gasteiger partial charge in [0, 0.05) is 6.92 Å². The quantitative estimate of drug-likeness (QED) is 0.579. The number of hydrogen-bond donors (Lipinski definition) is 0. The molecule has 16 heavy (non-hydrogen) atoms. The van der Waals surface area contributed by atoms with Crippen molar-refractivity contribution >= 4 is 17.4 Å². The summed E-state index contributed by atoms with van der Waals surface area (Å²) in [5.74, 6) is -0.00296. The van der Waals surface area contributed by atoms with E-state index in [9.17, 15) is 4.79 Å². The van der Waals surface area contributed by atoms with Gasteiger partial charge in [-0.1, -0.05) is 25.1 Å². The molecule has 0 aliphatic rings. The SMILES string of the molecule is CCc1cccc(C)c1/N=C(\OC)C(C)=O. The minimum absolute atomic E-state index is 0.156. The molecule has 86 valence electrons. The minimum Gasteiger partial charge on any atom is -0.478 e. The van der Waals surface area contributed by atoms with Gasteiger partial charge in [0.15, 0.2) is 0 Å². The van der Waals surface area contributed by atoms with Gasteiger partial charge in [-0.05, 0) is 24.5 Å². The molecule has 0 amide bonds. The number of aliphatic imine (C=N–C) groups is 1. The third-order valence-electron chi connectivity index (χ3n) is 2.41. The Morgan fingerprint density at radius 2 is 2.12 bits per heavy atom. The number of ketones is 1. The molecule has 0 aromatic heterocycles. The fourth-order valence-corrected chi connectivity index (χ4v) is 1.53. The number of hydrogen-bond acceptors (Lipinski definition) is 3. The number of carbonyl (C=O) groups is 1. The highest BCUT2D eigenvalue weighted by atomic mass is 16.5. The smallest absolute Gasteiger partial charge is 0.257 e. The molecule has 0 saturated carbocycles. The summed E-state index contributed by atoms with van der Waals surface area (Å²) in [5, 5.41) is 0. The average Bonchev–Trinajstić information content (AvgIpc) is 2.26. The summed E-state index contributed by atoms with van der Waals surface area (Å²) in [7, 11) is 1.46. The lowest BCUT2D eigenvalue weighted by atomic mass is 10.1. The molecule has 3 nitrogen and oxygen atoms in total. The zero-order valence-corrected chi connectivity index (χ0v) is 10.2. The van der Waals surface area contributed by atoms with E-state index in [-0.39, 0.29) is 11.7 Å². The lowest BCUT2D eigenvalue weighted by molar-refractivity contribution is -0.112. The average molecular weight is 219 g/mol. The molecular weight excluding hydrogens is 202 g/mol. The maximum Gasteiger partial charge on any atom is 0.257 e. The molecule has 0 aliphatic carbocycles. The normalized spacial score (nSPS) is 11.4. The molecule has 0 fully saturated rings. The second kappa shape index (κ2) is 5.45. The Balaban J connectivity index is 3.26. The minimum atomic E-state index is -0.159. The molecule has 0 unspecified atom stereocenters. The van der Waals surface area contributed by atoms with Crippen LogP contribution in [0.1, 0.15) is 25.0 Å². The molecule has 0 heterocycles. The monoisotopic (exact) mass is 219 g/mol. The highest BCUT2D eigenvalue weighted by Gasteiger charge is 2.09. The van der Waals surface area contributed by atoms with E-state index in [4.69, 9.17) is 4.74 Å². The topological polar surface area (TPSA) is 38.7 Å². The maximum atomic E-state index is 11.2. The number of ether oxygens (including phenoxy) is 1. The summed E-state index contributed by atoms with van der Waals surface area (Å²) in [6, 6.07) is 5.98. The number of carbonyl (C=O) groups excluding carboxylic acids is 1. The highest BCUT2D eigenvalue weighted by molar-refractivity contribution is 6.35. The zero-order valence-electron chi connectivity index (χ0n) is 10.2. The van der Waals surface area contributed by atoms with E-state index in [2.05, 4.69) is 11.9 Å². The van der Waals surface area contributed by atoms with Crippen molar-refractivity contribution in [3.8, 4) is 0 Å². The van der Waals surface area contributed by atoms with Crippen LogP contribution in [0.4, 0.5) is 5.69 Å². The van der Waals surface area contributed by atoms with Gasteiger partial charge in [-0.2, -0.15) is 0 Å². The molecule has 3 heteroatoms. The van der Waals surface area contributed by atoms with Gasteiger partial charge < -0.3 is 4.74 Å². The van der Waals surface area contributed by atoms with Crippen LogP contribution in [0.2, 0.25) is 0 Å². The third kappa shape index (κ3) is 2.69. The second-order valence-corrected chi connectivity index (χ2v) is 3.61. The van der Waals surface area contributed by atoms with E-state index >= 15 is 0 Å². The molecule has 0 spiro atoms. The first-order valence-corrected chi connectivity index (χ1v) is 5.32. The van der Waals surface area contributed by atoms with Gasteiger partial charge in [-0.25, -0.2) is 4.99 Å².